The molecular formula is C16H26N4O2. The summed E-state index contributed by atoms with van der Waals surface area (Å²) in [5.41, 5.74) is 2.34. The number of nitrogens with zero attached hydrogens (tertiary/aromatic N) is 2. The van der Waals surface area contributed by atoms with Gasteiger partial charge >= 0.3 is 6.03 Å². The van der Waals surface area contributed by atoms with E-state index < -0.39 is 0 Å². The Morgan fingerprint density at radius 3 is 2.36 bits per heavy atom. The Balaban J connectivity index is 2.55. The minimum Gasteiger partial charge on any atom is -0.353 e. The second-order valence-corrected chi connectivity index (χ2v) is 5.75. The lowest BCUT2D eigenvalue weighted by Gasteiger charge is -2.25. The third kappa shape index (κ3) is 5.73. The summed E-state index contributed by atoms with van der Waals surface area (Å²) in [6.07, 6.45) is 0. The fourth-order valence-corrected chi connectivity index (χ4v) is 2.06. The van der Waals surface area contributed by atoms with Crippen molar-refractivity contribution in [3.8, 4) is 0 Å². The van der Waals surface area contributed by atoms with Crippen molar-refractivity contribution >= 4 is 11.9 Å². The van der Waals surface area contributed by atoms with Gasteiger partial charge in [0.25, 0.3) is 0 Å². The van der Waals surface area contributed by atoms with E-state index in [9.17, 15) is 9.59 Å². The van der Waals surface area contributed by atoms with Crippen LogP contribution in [0.15, 0.2) is 24.3 Å². The van der Waals surface area contributed by atoms with Crippen LogP contribution in [0.25, 0.3) is 0 Å². The molecule has 0 saturated heterocycles. The van der Waals surface area contributed by atoms with Gasteiger partial charge in [-0.3, -0.25) is 4.79 Å². The second-order valence-electron chi connectivity index (χ2n) is 5.75. The summed E-state index contributed by atoms with van der Waals surface area (Å²) < 4.78 is 0. The number of carbonyl (C=O) groups excluding carboxylic acids is 2. The number of rotatable bonds is 6. The molecule has 0 unspecified atom stereocenters. The Morgan fingerprint density at radius 2 is 1.82 bits per heavy atom. The Labute approximate surface area is 132 Å². The fraction of sp³-hybridized carbons (Fsp3) is 0.500. The van der Waals surface area contributed by atoms with Crippen LogP contribution in [0, 0.1) is 6.92 Å². The normalized spacial score (nSPS) is 11.9. The molecule has 0 aromatic heterocycles. The molecule has 0 aliphatic heterocycles. The number of amides is 3. The number of carbonyl (C=O) groups is 2. The van der Waals surface area contributed by atoms with Crippen LogP contribution in [0.5, 0.6) is 0 Å². The Morgan fingerprint density at radius 1 is 1.14 bits per heavy atom. The molecule has 0 fully saturated rings. The van der Waals surface area contributed by atoms with Gasteiger partial charge in [-0.15, -0.1) is 0 Å². The second kappa shape index (κ2) is 8.38. The van der Waals surface area contributed by atoms with E-state index >= 15 is 0 Å². The zero-order valence-electron chi connectivity index (χ0n) is 14.0. The van der Waals surface area contributed by atoms with Crippen molar-refractivity contribution in [2.75, 3.05) is 41.3 Å². The lowest BCUT2D eigenvalue weighted by molar-refractivity contribution is -0.120. The number of urea groups is 1. The van der Waals surface area contributed by atoms with E-state index in [2.05, 4.69) is 27.7 Å². The van der Waals surface area contributed by atoms with Gasteiger partial charge in [-0.2, -0.15) is 0 Å². The average molecular weight is 306 g/mol. The van der Waals surface area contributed by atoms with E-state index in [1.54, 1.807) is 14.1 Å². The van der Waals surface area contributed by atoms with Crippen LogP contribution in [-0.2, 0) is 4.79 Å². The quantitative estimate of drug-likeness (QED) is 0.823. The predicted molar refractivity (Wildman–Crippen MR) is 87.7 cm³/mol. The molecule has 122 valence electrons. The van der Waals surface area contributed by atoms with Crippen molar-refractivity contribution in [2.45, 2.75) is 13.0 Å². The number of benzene rings is 1. The van der Waals surface area contributed by atoms with Crippen molar-refractivity contribution in [1.29, 1.82) is 0 Å². The fourth-order valence-electron chi connectivity index (χ4n) is 2.06. The Kier molecular flexibility index (Phi) is 6.85. The van der Waals surface area contributed by atoms with Crippen LogP contribution >= 0.6 is 0 Å². The summed E-state index contributed by atoms with van der Waals surface area (Å²) in [5.74, 6) is -0.199. The molecule has 1 aromatic rings. The summed E-state index contributed by atoms with van der Waals surface area (Å²) in [7, 11) is 7.22. The van der Waals surface area contributed by atoms with Gasteiger partial charge in [0.2, 0.25) is 5.91 Å². The zero-order chi connectivity index (χ0) is 16.7. The summed E-state index contributed by atoms with van der Waals surface area (Å²) in [5, 5.41) is 5.41. The molecule has 6 nitrogen and oxygen atoms in total. The minimum atomic E-state index is -0.280. The van der Waals surface area contributed by atoms with Gasteiger partial charge in [0.05, 0.1) is 12.6 Å². The molecule has 0 aliphatic rings. The van der Waals surface area contributed by atoms with Gasteiger partial charge in [-0.25, -0.2) is 4.79 Å². The van der Waals surface area contributed by atoms with Gasteiger partial charge in [0.1, 0.15) is 0 Å². The topological polar surface area (TPSA) is 64.7 Å². The standard InChI is InChI=1S/C16H26N4O2/c1-12-7-6-8-13(9-12)14(19(2)3)10-17-15(21)11-18-16(22)20(4)5/h6-9,14H,10-11H2,1-5H3,(H,17,21)(H,18,22)/t14-/m0/s1. The van der Waals surface area contributed by atoms with Crippen LogP contribution in [0.3, 0.4) is 0 Å². The number of aryl methyl sites for hydroxylation is 1. The molecule has 22 heavy (non-hydrogen) atoms. The van der Waals surface area contributed by atoms with E-state index in [0.29, 0.717) is 6.54 Å². The van der Waals surface area contributed by atoms with Gasteiger partial charge in [-0.05, 0) is 26.6 Å². The first kappa shape index (κ1) is 18.0. The average Bonchev–Trinajstić information content (AvgIpc) is 2.44. The summed E-state index contributed by atoms with van der Waals surface area (Å²) in [6, 6.07) is 8.04. The molecule has 3 amide bonds. The molecular weight excluding hydrogens is 280 g/mol. The highest BCUT2D eigenvalue weighted by atomic mass is 16.2. The molecule has 1 atom stereocenters. The van der Waals surface area contributed by atoms with E-state index in [-0.39, 0.29) is 24.5 Å². The Hall–Kier alpha value is -2.08. The lowest BCUT2D eigenvalue weighted by Crippen LogP contribution is -2.43. The first-order chi connectivity index (χ1) is 10.3. The van der Waals surface area contributed by atoms with Gasteiger partial charge in [0.15, 0.2) is 0 Å². The lowest BCUT2D eigenvalue weighted by atomic mass is 10.0. The number of hydrogen-bond donors (Lipinski definition) is 2. The van der Waals surface area contributed by atoms with Crippen molar-refractivity contribution in [2.24, 2.45) is 0 Å². The number of nitrogens with one attached hydrogen (secondary N) is 2. The van der Waals surface area contributed by atoms with Gasteiger partial charge in [0, 0.05) is 20.6 Å². The highest BCUT2D eigenvalue weighted by Gasteiger charge is 2.15. The third-order valence-electron chi connectivity index (χ3n) is 3.35. The predicted octanol–water partition coefficient (Wildman–Crippen LogP) is 0.985. The van der Waals surface area contributed by atoms with Crippen molar-refractivity contribution < 1.29 is 9.59 Å². The summed E-state index contributed by atoms with van der Waals surface area (Å²) in [6.45, 7) is 2.52. The largest absolute Gasteiger partial charge is 0.353 e. The van der Waals surface area contributed by atoms with E-state index in [0.717, 1.165) is 5.56 Å². The van der Waals surface area contributed by atoms with Crippen molar-refractivity contribution in [3.63, 3.8) is 0 Å². The molecule has 2 N–H and O–H groups in total. The van der Waals surface area contributed by atoms with Gasteiger partial charge in [-0.1, -0.05) is 29.8 Å². The molecule has 0 heterocycles. The molecule has 1 rings (SSSR count). The summed E-state index contributed by atoms with van der Waals surface area (Å²) >= 11 is 0. The first-order valence-electron chi connectivity index (χ1n) is 7.26. The number of likely N-dealkylation sites (N-methyl/N-ethyl adjacent to an activating group) is 1. The highest BCUT2D eigenvalue weighted by molar-refractivity contribution is 5.83. The van der Waals surface area contributed by atoms with Gasteiger partial charge < -0.3 is 20.4 Å². The molecule has 0 spiro atoms. The minimum absolute atomic E-state index is 0.0228. The molecule has 1 aromatic carbocycles. The maximum atomic E-state index is 11.8. The van der Waals surface area contributed by atoms with E-state index in [1.165, 1.54) is 10.5 Å². The molecule has 6 heteroatoms. The monoisotopic (exact) mass is 306 g/mol. The SMILES string of the molecule is Cc1cccc([C@H](CNC(=O)CNC(=O)N(C)C)N(C)C)c1. The van der Waals surface area contributed by atoms with Crippen LogP contribution in [0.2, 0.25) is 0 Å². The molecule has 0 bridgehead atoms. The van der Waals surface area contributed by atoms with E-state index in [1.807, 2.05) is 33.2 Å². The van der Waals surface area contributed by atoms with Crippen LogP contribution in [0.4, 0.5) is 4.79 Å². The maximum absolute atomic E-state index is 11.8. The van der Waals surface area contributed by atoms with Crippen molar-refractivity contribution in [3.05, 3.63) is 35.4 Å². The first-order valence-corrected chi connectivity index (χ1v) is 7.26. The van der Waals surface area contributed by atoms with E-state index in [4.69, 9.17) is 0 Å². The molecule has 0 aliphatic carbocycles. The van der Waals surface area contributed by atoms with Crippen LogP contribution in [-0.4, -0.2) is 63.0 Å². The van der Waals surface area contributed by atoms with Crippen molar-refractivity contribution in [1.82, 2.24) is 20.4 Å². The van der Waals surface area contributed by atoms with Crippen LogP contribution in [0.1, 0.15) is 17.2 Å². The van der Waals surface area contributed by atoms with Crippen LogP contribution < -0.4 is 10.6 Å². The zero-order valence-corrected chi connectivity index (χ0v) is 14.0. The summed E-state index contributed by atoms with van der Waals surface area (Å²) in [4.78, 5) is 26.7. The smallest absolute Gasteiger partial charge is 0.317 e. The molecule has 0 radical (unpaired) electrons. The Bertz CT molecular complexity index is 515. The third-order valence-corrected chi connectivity index (χ3v) is 3.35. The molecule has 0 saturated carbocycles. The number of hydrogen-bond acceptors (Lipinski definition) is 3. The maximum Gasteiger partial charge on any atom is 0.317 e. The highest BCUT2D eigenvalue weighted by Crippen LogP contribution is 2.18.